The molecule has 1 aliphatic heterocycles. The number of fused-ring (bicyclic) bond motifs is 1. The third kappa shape index (κ3) is 5.07. The summed E-state index contributed by atoms with van der Waals surface area (Å²) < 4.78 is 12.3. The second-order valence-electron chi connectivity index (χ2n) is 7.71. The van der Waals surface area contributed by atoms with Gasteiger partial charge in [-0.1, -0.05) is 25.1 Å². The molecule has 0 spiro atoms. The van der Waals surface area contributed by atoms with E-state index in [-0.39, 0.29) is 5.91 Å². The van der Waals surface area contributed by atoms with Crippen LogP contribution in [0.5, 0.6) is 11.5 Å². The topological polar surface area (TPSA) is 51.7 Å². The third-order valence-corrected chi connectivity index (χ3v) is 6.73. The summed E-state index contributed by atoms with van der Waals surface area (Å²) >= 11 is 1.78. The lowest BCUT2D eigenvalue weighted by molar-refractivity contribution is -0.126. The highest BCUT2D eigenvalue weighted by molar-refractivity contribution is 7.18. The first-order valence-electron chi connectivity index (χ1n) is 10.8. The molecule has 0 atom stereocenters. The van der Waals surface area contributed by atoms with Crippen molar-refractivity contribution in [3.63, 3.8) is 0 Å². The van der Waals surface area contributed by atoms with Crippen LogP contribution in [0.25, 0.3) is 16.3 Å². The van der Waals surface area contributed by atoms with Crippen molar-refractivity contribution in [2.24, 2.45) is 0 Å². The first kappa shape index (κ1) is 21.4. The van der Waals surface area contributed by atoms with Crippen LogP contribution in [0.3, 0.4) is 0 Å². The van der Waals surface area contributed by atoms with E-state index in [2.05, 4.69) is 25.1 Å². The summed E-state index contributed by atoms with van der Waals surface area (Å²) in [7, 11) is 1.63. The van der Waals surface area contributed by atoms with Crippen molar-refractivity contribution < 1.29 is 14.3 Å². The van der Waals surface area contributed by atoms with E-state index in [4.69, 9.17) is 14.5 Å². The summed E-state index contributed by atoms with van der Waals surface area (Å²) in [5, 5.41) is 1.20. The van der Waals surface area contributed by atoms with Gasteiger partial charge in [0.2, 0.25) is 5.91 Å². The number of piperidine rings is 1. The number of nitrogens with zero attached hydrogens (tertiary/aromatic N) is 2. The zero-order chi connectivity index (χ0) is 21.6. The van der Waals surface area contributed by atoms with Gasteiger partial charge in [0.05, 0.1) is 28.9 Å². The normalized spacial score (nSPS) is 15.0. The SMILES string of the molecule is CCCOc1ccc(C=CC(=O)N2CCC(c3nc4ccccc4s3)CC2)cc1OC. The predicted octanol–water partition coefficient (Wildman–Crippen LogP) is 5.51. The van der Waals surface area contributed by atoms with Gasteiger partial charge in [-0.15, -0.1) is 11.3 Å². The first-order valence-corrected chi connectivity index (χ1v) is 11.6. The van der Waals surface area contributed by atoms with Crippen LogP contribution < -0.4 is 9.47 Å². The molecule has 0 radical (unpaired) electrons. The van der Waals surface area contributed by atoms with Gasteiger partial charge in [0.1, 0.15) is 0 Å². The average Bonchev–Trinajstić information content (AvgIpc) is 3.26. The number of ether oxygens (including phenoxy) is 2. The average molecular weight is 437 g/mol. The van der Waals surface area contributed by atoms with E-state index in [0.717, 1.165) is 49.2 Å². The molecule has 1 amide bonds. The zero-order valence-electron chi connectivity index (χ0n) is 18.0. The lowest BCUT2D eigenvalue weighted by atomic mass is 9.97. The van der Waals surface area contributed by atoms with E-state index >= 15 is 0 Å². The molecular weight excluding hydrogens is 408 g/mol. The smallest absolute Gasteiger partial charge is 0.246 e. The number of aromatic nitrogens is 1. The Labute approximate surface area is 187 Å². The Balaban J connectivity index is 1.35. The molecule has 0 bridgehead atoms. The summed E-state index contributed by atoms with van der Waals surface area (Å²) in [5.74, 6) is 1.89. The van der Waals surface area contributed by atoms with Crippen LogP contribution in [0.15, 0.2) is 48.5 Å². The number of hydrogen-bond acceptors (Lipinski definition) is 5. The fourth-order valence-corrected chi connectivity index (χ4v) is 4.94. The van der Waals surface area contributed by atoms with Crippen molar-refractivity contribution in [1.82, 2.24) is 9.88 Å². The molecule has 5 nitrogen and oxygen atoms in total. The summed E-state index contributed by atoms with van der Waals surface area (Å²) in [6.07, 6.45) is 6.34. The van der Waals surface area contributed by atoms with Crippen molar-refractivity contribution in [2.75, 3.05) is 26.8 Å². The highest BCUT2D eigenvalue weighted by Crippen LogP contribution is 2.34. The molecular formula is C25H28N2O3S. The van der Waals surface area contributed by atoms with Crippen LogP contribution in [-0.2, 0) is 4.79 Å². The Morgan fingerprint density at radius 2 is 2.00 bits per heavy atom. The minimum absolute atomic E-state index is 0.0491. The van der Waals surface area contributed by atoms with E-state index < -0.39 is 0 Å². The summed E-state index contributed by atoms with van der Waals surface area (Å²) in [6.45, 7) is 4.24. The molecule has 0 unspecified atom stereocenters. The Morgan fingerprint density at radius 1 is 1.19 bits per heavy atom. The lowest BCUT2D eigenvalue weighted by Crippen LogP contribution is -2.36. The molecule has 0 saturated carbocycles. The molecule has 31 heavy (non-hydrogen) atoms. The van der Waals surface area contributed by atoms with Crippen LogP contribution >= 0.6 is 11.3 Å². The van der Waals surface area contributed by atoms with Crippen molar-refractivity contribution in [3.8, 4) is 11.5 Å². The van der Waals surface area contributed by atoms with Gasteiger partial charge in [-0.3, -0.25) is 4.79 Å². The van der Waals surface area contributed by atoms with E-state index in [1.165, 1.54) is 9.71 Å². The maximum Gasteiger partial charge on any atom is 0.246 e. The maximum absolute atomic E-state index is 12.7. The summed E-state index contributed by atoms with van der Waals surface area (Å²) in [4.78, 5) is 19.4. The van der Waals surface area contributed by atoms with Crippen molar-refractivity contribution in [1.29, 1.82) is 0 Å². The predicted molar refractivity (Wildman–Crippen MR) is 126 cm³/mol. The molecule has 0 N–H and O–H groups in total. The number of carbonyl (C=O) groups is 1. The maximum atomic E-state index is 12.7. The quantitative estimate of drug-likeness (QED) is 0.458. The van der Waals surface area contributed by atoms with Gasteiger partial charge < -0.3 is 14.4 Å². The number of likely N-dealkylation sites (tertiary alicyclic amines) is 1. The molecule has 162 valence electrons. The molecule has 1 aromatic heterocycles. The number of amides is 1. The van der Waals surface area contributed by atoms with Crippen LogP contribution in [0.4, 0.5) is 0 Å². The van der Waals surface area contributed by atoms with Crippen LogP contribution in [0.1, 0.15) is 42.7 Å². The van der Waals surface area contributed by atoms with Crippen LogP contribution in [0.2, 0.25) is 0 Å². The number of benzene rings is 2. The minimum atomic E-state index is 0.0491. The highest BCUT2D eigenvalue weighted by Gasteiger charge is 2.25. The fourth-order valence-electron chi connectivity index (χ4n) is 3.80. The van der Waals surface area contributed by atoms with Gasteiger partial charge in [0.25, 0.3) is 0 Å². The van der Waals surface area contributed by atoms with Crippen LogP contribution in [-0.4, -0.2) is 42.6 Å². The first-order chi connectivity index (χ1) is 15.2. The molecule has 3 aromatic rings. The fraction of sp³-hybridized carbons (Fsp3) is 0.360. The highest BCUT2D eigenvalue weighted by atomic mass is 32.1. The van der Waals surface area contributed by atoms with Crippen molar-refractivity contribution >= 4 is 33.5 Å². The van der Waals surface area contributed by atoms with E-state index in [9.17, 15) is 4.79 Å². The second kappa shape index (κ2) is 9.96. The number of methoxy groups -OCH3 is 1. The van der Waals surface area contributed by atoms with Gasteiger partial charge >= 0.3 is 0 Å². The number of para-hydroxylation sites is 1. The monoisotopic (exact) mass is 436 g/mol. The third-order valence-electron chi connectivity index (χ3n) is 5.53. The molecule has 4 rings (SSSR count). The van der Waals surface area contributed by atoms with E-state index in [0.29, 0.717) is 18.3 Å². The molecule has 1 aliphatic rings. The second-order valence-corrected chi connectivity index (χ2v) is 8.77. The van der Waals surface area contributed by atoms with Gasteiger partial charge in [-0.05, 0) is 55.2 Å². The molecule has 2 aromatic carbocycles. The molecule has 0 aliphatic carbocycles. The van der Waals surface area contributed by atoms with E-state index in [1.54, 1.807) is 24.5 Å². The zero-order valence-corrected chi connectivity index (χ0v) is 18.9. The largest absolute Gasteiger partial charge is 0.493 e. The van der Waals surface area contributed by atoms with Gasteiger partial charge in [-0.2, -0.15) is 0 Å². The number of carbonyl (C=O) groups excluding carboxylic acids is 1. The molecule has 6 heteroatoms. The Kier molecular flexibility index (Phi) is 6.87. The van der Waals surface area contributed by atoms with Gasteiger partial charge in [-0.25, -0.2) is 4.98 Å². The molecule has 2 heterocycles. The summed E-state index contributed by atoms with van der Waals surface area (Å²) in [5.41, 5.74) is 1.99. The van der Waals surface area contributed by atoms with Gasteiger partial charge in [0.15, 0.2) is 11.5 Å². The van der Waals surface area contributed by atoms with Crippen molar-refractivity contribution in [2.45, 2.75) is 32.1 Å². The Hall–Kier alpha value is -2.86. The number of hydrogen-bond donors (Lipinski definition) is 0. The number of thiazole rings is 1. The lowest BCUT2D eigenvalue weighted by Gasteiger charge is -2.30. The van der Waals surface area contributed by atoms with Crippen LogP contribution in [0, 0.1) is 0 Å². The Bertz CT molecular complexity index is 1030. The Morgan fingerprint density at radius 3 is 2.74 bits per heavy atom. The van der Waals surface area contributed by atoms with Crippen molar-refractivity contribution in [3.05, 3.63) is 59.1 Å². The standard InChI is InChI=1S/C25H28N2O3S/c1-3-16-30-21-10-8-18(17-22(21)29-2)9-11-24(28)27-14-12-19(13-15-27)25-26-20-6-4-5-7-23(20)31-25/h4-11,17,19H,3,12-16H2,1-2H3. The van der Waals surface area contributed by atoms with E-state index in [1.807, 2.05) is 35.2 Å². The molecule has 1 saturated heterocycles. The number of rotatable bonds is 7. The minimum Gasteiger partial charge on any atom is -0.493 e. The molecule has 1 fully saturated rings. The van der Waals surface area contributed by atoms with Gasteiger partial charge in [0, 0.05) is 25.1 Å². The summed E-state index contributed by atoms with van der Waals surface area (Å²) in [6, 6.07) is 14.0.